The fraction of sp³-hybridized carbons (Fsp3) is 0.767. The lowest BCUT2D eigenvalue weighted by Gasteiger charge is -2.22. The van der Waals surface area contributed by atoms with E-state index in [2.05, 4.69) is 26.6 Å². The average molecular weight is 979 g/mol. The molecular formula is C43H74N6O19. The van der Waals surface area contributed by atoms with Gasteiger partial charge in [0.1, 0.15) is 31.3 Å². The number of methoxy groups -OCH3 is 1. The molecule has 25 heteroatoms. The summed E-state index contributed by atoms with van der Waals surface area (Å²) in [7, 11) is 1.63. The molecule has 0 spiro atoms. The van der Waals surface area contributed by atoms with Crippen molar-refractivity contribution in [2.24, 2.45) is 0 Å². The third-order valence-corrected chi connectivity index (χ3v) is 9.14. The SMILES string of the molecule is COCCOCCOCCOCCOCCOCCOCCOCCOCCOCC(=O)NCCCC[C@H](NC(=O)CCCN1C(=O)C=CC1=O)C(=O)N[C@@H](C)C(=O)N[C@@H](C)C(=O)NCC(=O)O. The van der Waals surface area contributed by atoms with Gasteiger partial charge in [-0.2, -0.15) is 0 Å². The minimum Gasteiger partial charge on any atom is -0.480 e. The summed E-state index contributed by atoms with van der Waals surface area (Å²) in [5, 5.41) is 21.1. The largest absolute Gasteiger partial charge is 0.480 e. The monoisotopic (exact) mass is 979 g/mol. The molecule has 1 heterocycles. The summed E-state index contributed by atoms with van der Waals surface area (Å²) in [5.41, 5.74) is 0. The standard InChI is InChI=1S/C43H74N6O19/c1-33(41(56)45-31-40(54)55)46-42(57)34(2)47-43(58)35(48-36(50)8-6-12-49-38(52)9-10-39(49)53)7-4-5-11-44-37(51)32-68-30-29-67-28-27-66-26-25-65-24-23-64-22-21-63-20-19-62-18-17-61-16-15-60-14-13-59-3/h9-10,33-35H,4-8,11-32H2,1-3H3,(H,44,51)(H,45,56)(H,46,57)(H,47,58)(H,48,50)(H,54,55)/t33-,34-,35-/m0/s1. The number of carbonyl (C=O) groups is 8. The van der Waals surface area contributed by atoms with E-state index in [0.29, 0.717) is 119 Å². The average Bonchev–Trinajstić information content (AvgIpc) is 3.63. The highest BCUT2D eigenvalue weighted by Crippen LogP contribution is 2.07. The van der Waals surface area contributed by atoms with Gasteiger partial charge in [-0.15, -0.1) is 0 Å². The molecule has 1 aliphatic rings. The van der Waals surface area contributed by atoms with Crippen LogP contribution in [0.5, 0.6) is 0 Å². The molecule has 6 N–H and O–H groups in total. The van der Waals surface area contributed by atoms with Crippen molar-refractivity contribution in [1.29, 1.82) is 0 Å². The summed E-state index contributed by atoms with van der Waals surface area (Å²) < 4.78 is 53.7. The van der Waals surface area contributed by atoms with E-state index in [1.165, 1.54) is 13.8 Å². The van der Waals surface area contributed by atoms with Crippen molar-refractivity contribution in [2.45, 2.75) is 64.1 Å². The van der Waals surface area contributed by atoms with Crippen molar-refractivity contribution in [3.63, 3.8) is 0 Å². The maximum absolute atomic E-state index is 13.2. The number of carboxylic acid groups (broad SMARTS) is 1. The van der Waals surface area contributed by atoms with Gasteiger partial charge in [-0.25, -0.2) is 0 Å². The number of hydrogen-bond donors (Lipinski definition) is 6. The van der Waals surface area contributed by atoms with E-state index in [4.69, 9.17) is 52.5 Å². The molecule has 25 nitrogen and oxygen atoms in total. The Morgan fingerprint density at radius 3 is 1.41 bits per heavy atom. The molecule has 0 saturated heterocycles. The molecule has 1 rings (SSSR count). The molecule has 0 aliphatic carbocycles. The maximum Gasteiger partial charge on any atom is 0.322 e. The van der Waals surface area contributed by atoms with E-state index >= 15 is 0 Å². The van der Waals surface area contributed by atoms with E-state index in [9.17, 15) is 38.4 Å². The molecule has 0 saturated carbocycles. The van der Waals surface area contributed by atoms with E-state index in [1.807, 2.05) is 0 Å². The molecule has 0 aromatic heterocycles. The second-order valence-corrected chi connectivity index (χ2v) is 14.7. The van der Waals surface area contributed by atoms with Crippen LogP contribution in [0.3, 0.4) is 0 Å². The van der Waals surface area contributed by atoms with E-state index in [1.54, 1.807) is 7.11 Å². The van der Waals surface area contributed by atoms with Gasteiger partial charge in [-0.1, -0.05) is 0 Å². The summed E-state index contributed by atoms with van der Waals surface area (Å²) in [4.78, 5) is 98.4. The van der Waals surface area contributed by atoms with Crippen molar-refractivity contribution in [2.75, 3.05) is 152 Å². The van der Waals surface area contributed by atoms with Gasteiger partial charge in [0.25, 0.3) is 11.8 Å². The zero-order valence-electron chi connectivity index (χ0n) is 39.7. The topological polar surface area (TPSA) is 312 Å². The van der Waals surface area contributed by atoms with Crippen LogP contribution in [-0.2, 0) is 85.7 Å². The van der Waals surface area contributed by atoms with E-state index in [0.717, 1.165) is 17.1 Å². The number of ether oxygens (including phenoxy) is 10. The number of aliphatic carboxylic acids is 1. The van der Waals surface area contributed by atoms with Gasteiger partial charge in [-0.3, -0.25) is 43.3 Å². The molecule has 0 aromatic rings. The second-order valence-electron chi connectivity index (χ2n) is 14.7. The van der Waals surface area contributed by atoms with Gasteiger partial charge in [-0.05, 0) is 39.5 Å². The summed E-state index contributed by atoms with van der Waals surface area (Å²) >= 11 is 0. The van der Waals surface area contributed by atoms with Crippen LogP contribution in [0.25, 0.3) is 0 Å². The molecule has 0 radical (unpaired) electrons. The van der Waals surface area contributed by atoms with E-state index in [-0.39, 0.29) is 58.1 Å². The van der Waals surface area contributed by atoms with Crippen molar-refractivity contribution in [1.82, 2.24) is 31.5 Å². The van der Waals surface area contributed by atoms with Gasteiger partial charge in [0.15, 0.2) is 0 Å². The molecule has 0 fully saturated rings. The first kappa shape index (κ1) is 61.3. The number of hydrogen-bond acceptors (Lipinski definition) is 18. The Labute approximate surface area is 397 Å². The van der Waals surface area contributed by atoms with Gasteiger partial charge in [0.2, 0.25) is 29.5 Å². The Balaban J connectivity index is 2.15. The number of carbonyl (C=O) groups excluding carboxylic acids is 7. The maximum atomic E-state index is 13.2. The zero-order valence-corrected chi connectivity index (χ0v) is 39.7. The number of imide groups is 1. The van der Waals surface area contributed by atoms with Crippen molar-refractivity contribution in [3.8, 4) is 0 Å². The predicted octanol–water partition coefficient (Wildman–Crippen LogP) is -2.53. The van der Waals surface area contributed by atoms with Crippen LogP contribution in [0.4, 0.5) is 0 Å². The van der Waals surface area contributed by atoms with Crippen molar-refractivity contribution in [3.05, 3.63) is 12.2 Å². The minimum absolute atomic E-state index is 0.00803. The molecule has 3 atom stereocenters. The first-order valence-electron chi connectivity index (χ1n) is 22.7. The van der Waals surface area contributed by atoms with Crippen LogP contribution in [0.1, 0.15) is 46.0 Å². The molecule has 68 heavy (non-hydrogen) atoms. The van der Waals surface area contributed by atoms with E-state index < -0.39 is 66.1 Å². The Kier molecular flexibility index (Phi) is 37.2. The lowest BCUT2D eigenvalue weighted by molar-refractivity contribution is -0.139. The number of nitrogens with one attached hydrogen (secondary N) is 5. The minimum atomic E-state index is -1.26. The number of rotatable bonds is 46. The zero-order chi connectivity index (χ0) is 50.0. The van der Waals surface area contributed by atoms with Crippen LogP contribution in [0.15, 0.2) is 12.2 Å². The highest BCUT2D eigenvalue weighted by atomic mass is 16.6. The number of nitrogens with zero attached hydrogens (tertiary/aromatic N) is 1. The lowest BCUT2D eigenvalue weighted by atomic mass is 10.1. The molecule has 0 aromatic carbocycles. The van der Waals surface area contributed by atoms with Gasteiger partial charge in [0, 0.05) is 38.8 Å². The van der Waals surface area contributed by atoms with Crippen LogP contribution >= 0.6 is 0 Å². The van der Waals surface area contributed by atoms with Crippen molar-refractivity contribution >= 4 is 47.3 Å². The predicted molar refractivity (Wildman–Crippen MR) is 239 cm³/mol. The Hall–Kier alpha value is -4.70. The third kappa shape index (κ3) is 33.7. The quantitative estimate of drug-likeness (QED) is 0.0271. The third-order valence-electron chi connectivity index (χ3n) is 9.14. The second kappa shape index (κ2) is 41.3. The Morgan fingerprint density at radius 2 is 0.956 bits per heavy atom. The molecule has 7 amide bonds. The molecule has 0 bridgehead atoms. The highest BCUT2D eigenvalue weighted by Gasteiger charge is 2.27. The molecule has 0 unspecified atom stereocenters. The van der Waals surface area contributed by atoms with Gasteiger partial charge < -0.3 is 79.1 Å². The van der Waals surface area contributed by atoms with Crippen LogP contribution in [0, 0.1) is 0 Å². The molecular weight excluding hydrogens is 904 g/mol. The fourth-order valence-electron chi connectivity index (χ4n) is 5.50. The normalized spacial score (nSPS) is 13.5. The Morgan fingerprint density at radius 1 is 0.529 bits per heavy atom. The number of amides is 7. The summed E-state index contributed by atoms with van der Waals surface area (Å²) in [6.07, 6.45) is 3.24. The number of unbranched alkanes of at least 4 members (excludes halogenated alkanes) is 1. The fourth-order valence-corrected chi connectivity index (χ4v) is 5.50. The van der Waals surface area contributed by atoms with Gasteiger partial charge in [0.05, 0.1) is 119 Å². The summed E-state index contributed by atoms with van der Waals surface area (Å²) in [6.45, 7) is 9.90. The first-order valence-corrected chi connectivity index (χ1v) is 22.7. The van der Waals surface area contributed by atoms with Gasteiger partial charge >= 0.3 is 5.97 Å². The Bertz CT molecular complexity index is 1470. The van der Waals surface area contributed by atoms with Crippen LogP contribution in [0.2, 0.25) is 0 Å². The first-order chi connectivity index (χ1) is 32.8. The van der Waals surface area contributed by atoms with Crippen LogP contribution < -0.4 is 26.6 Å². The highest BCUT2D eigenvalue weighted by molar-refractivity contribution is 6.12. The van der Waals surface area contributed by atoms with Crippen molar-refractivity contribution < 1.29 is 90.8 Å². The van der Waals surface area contributed by atoms with Crippen LogP contribution in [-0.4, -0.2) is 228 Å². The summed E-state index contributed by atoms with van der Waals surface area (Å²) in [6, 6.07) is -3.34. The smallest absolute Gasteiger partial charge is 0.322 e. The summed E-state index contributed by atoms with van der Waals surface area (Å²) in [5.74, 6) is -5.29. The molecule has 390 valence electrons. The molecule has 1 aliphatic heterocycles. The number of carboxylic acids is 1. The lowest BCUT2D eigenvalue weighted by Crippen LogP contribution is -2.55.